The van der Waals surface area contributed by atoms with E-state index in [2.05, 4.69) is 45.9 Å². The van der Waals surface area contributed by atoms with Crippen LogP contribution in [0.3, 0.4) is 0 Å². The zero-order valence-electron chi connectivity index (χ0n) is 10.2. The summed E-state index contributed by atoms with van der Waals surface area (Å²) in [4.78, 5) is 0. The van der Waals surface area contributed by atoms with Crippen LogP contribution in [0.4, 0.5) is 0 Å². The van der Waals surface area contributed by atoms with Crippen LogP contribution in [-0.4, -0.2) is 0 Å². The van der Waals surface area contributed by atoms with E-state index in [9.17, 15) is 10.5 Å². The van der Waals surface area contributed by atoms with Crippen molar-refractivity contribution in [2.24, 2.45) is 34.0 Å². The van der Waals surface area contributed by atoms with Crippen LogP contribution in [0.25, 0.3) is 0 Å². The molecule has 0 spiro atoms. The summed E-state index contributed by atoms with van der Waals surface area (Å²) in [6, 6.07) is 4.92. The maximum absolute atomic E-state index is 9.55. The maximum atomic E-state index is 9.55. The highest BCUT2D eigenvalue weighted by Crippen LogP contribution is 2.86. The Hall–Kier alpha value is -1.28. The van der Waals surface area contributed by atoms with Crippen molar-refractivity contribution in [3.8, 4) is 12.1 Å². The van der Waals surface area contributed by atoms with Gasteiger partial charge < -0.3 is 0 Å². The Balaban J connectivity index is 2.17. The minimum absolute atomic E-state index is 0.0526. The van der Waals surface area contributed by atoms with Gasteiger partial charge in [-0.1, -0.05) is 33.8 Å². The molecule has 0 bridgehead atoms. The molecule has 2 saturated carbocycles. The van der Waals surface area contributed by atoms with Gasteiger partial charge in [0.25, 0.3) is 0 Å². The van der Waals surface area contributed by atoms with Crippen molar-refractivity contribution in [2.45, 2.75) is 27.7 Å². The summed E-state index contributed by atoms with van der Waals surface area (Å²) in [7, 11) is 0. The summed E-state index contributed by atoms with van der Waals surface area (Å²) >= 11 is 0. The van der Waals surface area contributed by atoms with Crippen LogP contribution in [0, 0.1) is 56.7 Å². The molecule has 4 atom stereocenters. The van der Waals surface area contributed by atoms with Crippen molar-refractivity contribution in [3.05, 3.63) is 11.6 Å². The molecule has 0 aromatic carbocycles. The van der Waals surface area contributed by atoms with Gasteiger partial charge in [0.15, 0.2) is 0 Å². The van der Waals surface area contributed by atoms with E-state index in [0.717, 1.165) is 5.57 Å². The van der Waals surface area contributed by atoms with Gasteiger partial charge in [-0.2, -0.15) is 10.5 Å². The third-order valence-corrected chi connectivity index (χ3v) is 5.56. The molecule has 3 rings (SSSR count). The predicted octanol–water partition coefficient (Wildman–Crippen LogP) is 2.89. The number of nitriles is 2. The molecule has 0 saturated heterocycles. The molecule has 0 radical (unpaired) electrons. The van der Waals surface area contributed by atoms with E-state index in [1.807, 2.05) is 0 Å². The van der Waals surface area contributed by atoms with Gasteiger partial charge in [0.2, 0.25) is 0 Å². The molecule has 3 aliphatic rings. The first-order valence-electron chi connectivity index (χ1n) is 5.88. The maximum Gasteiger partial charge on any atom is 0.0947 e. The molecule has 0 unspecified atom stereocenters. The molecular formula is C14H16N2. The van der Waals surface area contributed by atoms with Crippen LogP contribution in [0.2, 0.25) is 0 Å². The topological polar surface area (TPSA) is 47.6 Å². The van der Waals surface area contributed by atoms with E-state index < -0.39 is 0 Å². The molecule has 0 amide bonds. The normalized spacial score (nSPS) is 48.9. The average molecular weight is 212 g/mol. The summed E-state index contributed by atoms with van der Waals surface area (Å²) in [6.45, 7) is 8.74. The predicted molar refractivity (Wildman–Crippen MR) is 59.8 cm³/mol. The summed E-state index contributed by atoms with van der Waals surface area (Å²) in [5, 5.41) is 18.7. The standard InChI is InChI=1S/C14H16N2/c1-12(2)10-8(6-15)5-9-13(3,4)14(9,7-16)11(10)12/h5,9-11H,1-4H3/t9-,10+,11-,14+/m0/s1. The second kappa shape index (κ2) is 2.21. The van der Waals surface area contributed by atoms with Crippen molar-refractivity contribution in [1.29, 1.82) is 10.5 Å². The largest absolute Gasteiger partial charge is 0.198 e. The summed E-state index contributed by atoms with van der Waals surface area (Å²) in [5.74, 6) is 1.02. The van der Waals surface area contributed by atoms with Gasteiger partial charge in [0, 0.05) is 17.4 Å². The van der Waals surface area contributed by atoms with Crippen LogP contribution in [0.5, 0.6) is 0 Å². The molecule has 0 N–H and O–H groups in total. The third-order valence-electron chi connectivity index (χ3n) is 5.56. The van der Waals surface area contributed by atoms with Crippen molar-refractivity contribution < 1.29 is 0 Å². The first-order chi connectivity index (χ1) is 7.35. The van der Waals surface area contributed by atoms with Crippen molar-refractivity contribution in [3.63, 3.8) is 0 Å². The van der Waals surface area contributed by atoms with Gasteiger partial charge in [-0.25, -0.2) is 0 Å². The van der Waals surface area contributed by atoms with Gasteiger partial charge in [-0.3, -0.25) is 0 Å². The zero-order valence-corrected chi connectivity index (χ0v) is 10.2. The third kappa shape index (κ3) is 0.679. The van der Waals surface area contributed by atoms with Crippen molar-refractivity contribution in [2.75, 3.05) is 0 Å². The van der Waals surface area contributed by atoms with Crippen LogP contribution < -0.4 is 0 Å². The number of rotatable bonds is 0. The van der Waals surface area contributed by atoms with Crippen LogP contribution in [0.1, 0.15) is 27.7 Å². The lowest BCUT2D eigenvalue weighted by atomic mass is 9.86. The lowest BCUT2D eigenvalue weighted by molar-refractivity contribution is 0.368. The van der Waals surface area contributed by atoms with Crippen LogP contribution >= 0.6 is 0 Å². The molecule has 2 fully saturated rings. The Kier molecular flexibility index (Phi) is 1.37. The van der Waals surface area contributed by atoms with Gasteiger partial charge in [-0.05, 0) is 16.7 Å². The number of allylic oxidation sites excluding steroid dienone is 2. The molecule has 3 aliphatic carbocycles. The fourth-order valence-corrected chi connectivity index (χ4v) is 4.51. The fraction of sp³-hybridized carbons (Fsp3) is 0.714. The number of hydrogen-bond acceptors (Lipinski definition) is 2. The Morgan fingerprint density at radius 2 is 1.81 bits per heavy atom. The lowest BCUT2D eigenvalue weighted by Gasteiger charge is -2.14. The minimum Gasteiger partial charge on any atom is -0.198 e. The van der Waals surface area contributed by atoms with E-state index in [-0.39, 0.29) is 16.2 Å². The quantitative estimate of drug-likeness (QED) is 0.620. The molecule has 0 aromatic rings. The smallest absolute Gasteiger partial charge is 0.0947 e. The van der Waals surface area contributed by atoms with E-state index in [1.54, 1.807) is 0 Å². The van der Waals surface area contributed by atoms with Gasteiger partial charge in [0.1, 0.15) is 0 Å². The van der Waals surface area contributed by atoms with Crippen molar-refractivity contribution >= 4 is 0 Å². The van der Waals surface area contributed by atoms with Gasteiger partial charge >= 0.3 is 0 Å². The van der Waals surface area contributed by atoms with Gasteiger partial charge in [-0.15, -0.1) is 0 Å². The van der Waals surface area contributed by atoms with E-state index >= 15 is 0 Å². The number of nitrogens with zero attached hydrogens (tertiary/aromatic N) is 2. The summed E-state index contributed by atoms with van der Waals surface area (Å²) in [6.07, 6.45) is 2.08. The minimum atomic E-state index is -0.193. The highest BCUT2D eigenvalue weighted by Gasteiger charge is 2.85. The molecule has 82 valence electrons. The zero-order chi connectivity index (χ0) is 11.9. The van der Waals surface area contributed by atoms with E-state index in [0.29, 0.717) is 17.8 Å². The Labute approximate surface area is 96.6 Å². The molecule has 2 heteroatoms. The molecular weight excluding hydrogens is 196 g/mol. The molecule has 0 heterocycles. The average Bonchev–Trinajstić information content (AvgIpc) is 2.97. The van der Waals surface area contributed by atoms with E-state index in [1.165, 1.54) is 0 Å². The highest BCUT2D eigenvalue weighted by molar-refractivity contribution is 5.51. The Morgan fingerprint density at radius 3 is 2.31 bits per heavy atom. The fourth-order valence-electron chi connectivity index (χ4n) is 4.51. The highest BCUT2D eigenvalue weighted by atomic mass is 14.9. The SMILES string of the molecule is CC1(C)[C@@H]2C(C#N)=C[C@H]3C(C)(C)[C@@]3(C#N)[C@@H]21. The van der Waals surface area contributed by atoms with E-state index in [4.69, 9.17) is 0 Å². The molecule has 0 aromatic heterocycles. The molecule has 16 heavy (non-hydrogen) atoms. The van der Waals surface area contributed by atoms with Gasteiger partial charge in [0.05, 0.1) is 17.6 Å². The first-order valence-corrected chi connectivity index (χ1v) is 5.88. The summed E-state index contributed by atoms with van der Waals surface area (Å²) < 4.78 is 0. The first kappa shape index (κ1) is 9.91. The number of hydrogen-bond donors (Lipinski definition) is 0. The Morgan fingerprint density at radius 1 is 1.19 bits per heavy atom. The second-order valence-electron chi connectivity index (χ2n) is 6.69. The van der Waals surface area contributed by atoms with Crippen molar-refractivity contribution in [1.82, 2.24) is 0 Å². The summed E-state index contributed by atoms with van der Waals surface area (Å²) in [5.41, 5.74) is 0.926. The molecule has 0 aliphatic heterocycles. The van der Waals surface area contributed by atoms with Crippen LogP contribution in [-0.2, 0) is 0 Å². The van der Waals surface area contributed by atoms with Crippen LogP contribution in [0.15, 0.2) is 11.6 Å². The molecule has 2 nitrogen and oxygen atoms in total. The Bertz CT molecular complexity index is 498. The number of fused-ring (bicyclic) bond motifs is 3. The second-order valence-corrected chi connectivity index (χ2v) is 6.69. The monoisotopic (exact) mass is 212 g/mol. The lowest BCUT2D eigenvalue weighted by Crippen LogP contribution is -2.14.